The van der Waals surface area contributed by atoms with Crippen LogP contribution in [0, 0.1) is 6.92 Å². The number of aryl methyl sites for hydroxylation is 1. The molecule has 0 aromatic heterocycles. The Morgan fingerprint density at radius 3 is 2.69 bits per heavy atom. The molecule has 0 saturated heterocycles. The first-order chi connectivity index (χ1) is 6.02. The highest BCUT2D eigenvalue weighted by Gasteiger charge is 2.14. The largest absolute Gasteiger partial charge is 0.368 e. The van der Waals surface area contributed by atoms with Crippen molar-refractivity contribution in [3.8, 4) is 0 Å². The van der Waals surface area contributed by atoms with Gasteiger partial charge in [-0.05, 0) is 24.1 Å². The number of primary amides is 1. The van der Waals surface area contributed by atoms with Gasteiger partial charge < -0.3 is 5.73 Å². The van der Waals surface area contributed by atoms with Crippen LogP contribution in [0.2, 0.25) is 0 Å². The summed E-state index contributed by atoms with van der Waals surface area (Å²) in [7, 11) is 0. The van der Waals surface area contributed by atoms with Gasteiger partial charge in [-0.1, -0.05) is 28.1 Å². The molecule has 1 unspecified atom stereocenters. The van der Waals surface area contributed by atoms with Gasteiger partial charge in [-0.3, -0.25) is 4.79 Å². The van der Waals surface area contributed by atoms with Gasteiger partial charge in [0.05, 0.1) is 0 Å². The number of carbonyl (C=O) groups excluding carboxylic acids is 1. The maximum absolute atomic E-state index is 10.8. The summed E-state index contributed by atoms with van der Waals surface area (Å²) in [5.41, 5.74) is 6.88. The zero-order valence-electron chi connectivity index (χ0n) is 7.05. The number of hydrogen-bond donors (Lipinski definition) is 1. The van der Waals surface area contributed by atoms with E-state index in [1.165, 1.54) is 0 Å². The van der Waals surface area contributed by atoms with E-state index in [1.807, 2.05) is 13.0 Å². The normalized spacial score (nSPS) is 12.5. The van der Waals surface area contributed by atoms with Gasteiger partial charge in [-0.15, -0.1) is 11.6 Å². The molecule has 0 spiro atoms. The monoisotopic (exact) mass is 261 g/mol. The molecule has 2 N–H and O–H groups in total. The number of benzene rings is 1. The van der Waals surface area contributed by atoms with E-state index in [1.54, 1.807) is 12.1 Å². The van der Waals surface area contributed by atoms with Gasteiger partial charge in [0.1, 0.15) is 5.38 Å². The van der Waals surface area contributed by atoms with Crippen molar-refractivity contribution in [1.29, 1.82) is 0 Å². The Kier molecular flexibility index (Phi) is 3.33. The van der Waals surface area contributed by atoms with Gasteiger partial charge in [0.25, 0.3) is 0 Å². The van der Waals surface area contributed by atoms with Crippen LogP contribution < -0.4 is 5.73 Å². The van der Waals surface area contributed by atoms with Gasteiger partial charge in [0, 0.05) is 4.47 Å². The molecular weight excluding hydrogens is 253 g/mol. The minimum absolute atomic E-state index is 0.530. The zero-order valence-corrected chi connectivity index (χ0v) is 9.39. The molecule has 0 aliphatic heterocycles. The van der Waals surface area contributed by atoms with Gasteiger partial charge >= 0.3 is 0 Å². The van der Waals surface area contributed by atoms with Crippen molar-refractivity contribution in [3.05, 3.63) is 33.8 Å². The lowest BCUT2D eigenvalue weighted by Crippen LogP contribution is -2.16. The van der Waals surface area contributed by atoms with Gasteiger partial charge in [-0.25, -0.2) is 0 Å². The molecule has 0 aliphatic rings. The molecule has 4 heteroatoms. The molecule has 0 bridgehead atoms. The summed E-state index contributed by atoms with van der Waals surface area (Å²) in [4.78, 5) is 10.8. The molecule has 0 radical (unpaired) electrons. The molecule has 0 aliphatic carbocycles. The number of alkyl halides is 1. The minimum Gasteiger partial charge on any atom is -0.368 e. The number of rotatable bonds is 2. The van der Waals surface area contributed by atoms with Crippen molar-refractivity contribution >= 4 is 33.4 Å². The molecule has 1 aromatic rings. The summed E-state index contributed by atoms with van der Waals surface area (Å²) in [6.45, 7) is 1.96. The highest BCUT2D eigenvalue weighted by Crippen LogP contribution is 2.25. The van der Waals surface area contributed by atoms with E-state index in [4.69, 9.17) is 17.3 Å². The van der Waals surface area contributed by atoms with Crippen molar-refractivity contribution in [3.63, 3.8) is 0 Å². The fraction of sp³-hybridized carbons (Fsp3) is 0.222. The van der Waals surface area contributed by atoms with Crippen molar-refractivity contribution in [1.82, 2.24) is 0 Å². The maximum atomic E-state index is 10.8. The number of hydrogen-bond acceptors (Lipinski definition) is 1. The maximum Gasteiger partial charge on any atom is 0.240 e. The molecule has 2 nitrogen and oxygen atoms in total. The molecule has 0 fully saturated rings. The lowest BCUT2D eigenvalue weighted by atomic mass is 10.1. The standard InChI is InChI=1S/C9H9BrClNO/c1-5-2-3-6(4-7(5)10)8(11)9(12)13/h2-4,8H,1H3,(H2,12,13). The summed E-state index contributed by atoms with van der Waals surface area (Å²) < 4.78 is 0.928. The minimum atomic E-state index is -0.753. The van der Waals surface area contributed by atoms with Crippen LogP contribution in [0.15, 0.2) is 22.7 Å². The number of halogens is 2. The smallest absolute Gasteiger partial charge is 0.240 e. The molecular formula is C9H9BrClNO. The quantitative estimate of drug-likeness (QED) is 0.818. The SMILES string of the molecule is Cc1ccc(C(Cl)C(N)=O)cc1Br. The van der Waals surface area contributed by atoms with Gasteiger partial charge in [0.2, 0.25) is 5.91 Å². The Balaban J connectivity index is 3.03. The third-order valence-corrected chi connectivity index (χ3v) is 3.06. The van der Waals surface area contributed by atoms with Crippen LogP contribution >= 0.6 is 27.5 Å². The average molecular weight is 263 g/mol. The van der Waals surface area contributed by atoms with Crippen molar-refractivity contribution in [2.24, 2.45) is 5.73 Å². The molecule has 1 amide bonds. The Labute approximate surface area is 90.2 Å². The Bertz CT molecular complexity index is 340. The second-order valence-electron chi connectivity index (χ2n) is 2.77. The van der Waals surface area contributed by atoms with Crippen LogP contribution in [-0.4, -0.2) is 5.91 Å². The summed E-state index contributed by atoms with van der Waals surface area (Å²) in [5.74, 6) is -0.530. The highest BCUT2D eigenvalue weighted by atomic mass is 79.9. The van der Waals surface area contributed by atoms with E-state index in [9.17, 15) is 4.79 Å². The van der Waals surface area contributed by atoms with E-state index < -0.39 is 11.3 Å². The Morgan fingerprint density at radius 1 is 1.62 bits per heavy atom. The molecule has 13 heavy (non-hydrogen) atoms. The predicted molar refractivity (Wildman–Crippen MR) is 56.7 cm³/mol. The number of nitrogens with two attached hydrogens (primary N) is 1. The van der Waals surface area contributed by atoms with Crippen LogP contribution in [-0.2, 0) is 4.79 Å². The third-order valence-electron chi connectivity index (χ3n) is 1.74. The van der Waals surface area contributed by atoms with E-state index >= 15 is 0 Å². The van der Waals surface area contributed by atoms with Gasteiger partial charge in [-0.2, -0.15) is 0 Å². The van der Waals surface area contributed by atoms with E-state index in [-0.39, 0.29) is 0 Å². The molecule has 0 heterocycles. The van der Waals surface area contributed by atoms with Crippen LogP contribution in [0.25, 0.3) is 0 Å². The van der Waals surface area contributed by atoms with E-state index in [2.05, 4.69) is 15.9 Å². The first-order valence-electron chi connectivity index (χ1n) is 3.72. The summed E-state index contributed by atoms with van der Waals surface area (Å²) in [5, 5.41) is -0.753. The fourth-order valence-electron chi connectivity index (χ4n) is 0.931. The summed E-state index contributed by atoms with van der Waals surface area (Å²) in [6, 6.07) is 5.48. The lowest BCUT2D eigenvalue weighted by molar-refractivity contribution is -0.117. The zero-order chi connectivity index (χ0) is 10.0. The summed E-state index contributed by atoms with van der Waals surface area (Å²) in [6.07, 6.45) is 0. The van der Waals surface area contributed by atoms with Crippen LogP contribution in [0.5, 0.6) is 0 Å². The predicted octanol–water partition coefficient (Wildman–Crippen LogP) is 2.52. The first-order valence-corrected chi connectivity index (χ1v) is 4.94. The third kappa shape index (κ3) is 2.45. The van der Waals surface area contributed by atoms with Crippen molar-refractivity contribution < 1.29 is 4.79 Å². The molecule has 1 aromatic carbocycles. The van der Waals surface area contributed by atoms with Crippen LogP contribution in [0.1, 0.15) is 16.5 Å². The topological polar surface area (TPSA) is 43.1 Å². The summed E-state index contributed by atoms with van der Waals surface area (Å²) >= 11 is 9.12. The van der Waals surface area contributed by atoms with Gasteiger partial charge in [0.15, 0.2) is 0 Å². The number of carbonyl (C=O) groups is 1. The highest BCUT2D eigenvalue weighted by molar-refractivity contribution is 9.10. The Morgan fingerprint density at radius 2 is 2.23 bits per heavy atom. The Hall–Kier alpha value is -0.540. The molecule has 0 saturated carbocycles. The molecule has 1 atom stereocenters. The van der Waals surface area contributed by atoms with E-state index in [0.717, 1.165) is 10.0 Å². The average Bonchev–Trinajstić information content (AvgIpc) is 2.08. The molecule has 70 valence electrons. The van der Waals surface area contributed by atoms with Crippen molar-refractivity contribution in [2.45, 2.75) is 12.3 Å². The second kappa shape index (κ2) is 4.11. The lowest BCUT2D eigenvalue weighted by Gasteiger charge is -2.06. The first kappa shape index (κ1) is 10.5. The number of amides is 1. The van der Waals surface area contributed by atoms with Crippen molar-refractivity contribution in [2.75, 3.05) is 0 Å². The van der Waals surface area contributed by atoms with Crippen LogP contribution in [0.3, 0.4) is 0 Å². The van der Waals surface area contributed by atoms with E-state index in [0.29, 0.717) is 5.56 Å². The fourth-order valence-corrected chi connectivity index (χ4v) is 1.46. The van der Waals surface area contributed by atoms with Crippen LogP contribution in [0.4, 0.5) is 0 Å². The second-order valence-corrected chi connectivity index (χ2v) is 4.06. The molecule has 1 rings (SSSR count).